The van der Waals surface area contributed by atoms with Gasteiger partial charge in [-0.2, -0.15) is 0 Å². The van der Waals surface area contributed by atoms with Gasteiger partial charge in [-0.3, -0.25) is 0 Å². The van der Waals surface area contributed by atoms with E-state index in [2.05, 4.69) is 45.2 Å². The number of esters is 2. The van der Waals surface area contributed by atoms with E-state index in [1.54, 1.807) is 6.07 Å². The second-order valence-corrected chi connectivity index (χ2v) is 11.0. The lowest BCUT2D eigenvalue weighted by Gasteiger charge is -2.30. The van der Waals surface area contributed by atoms with E-state index in [0.717, 1.165) is 23.5 Å². The Labute approximate surface area is 255 Å². The Morgan fingerprint density at radius 1 is 0.767 bits per heavy atom. The number of ether oxygens (including phenoxy) is 4. The zero-order chi connectivity index (χ0) is 31.2. The molecule has 0 aromatic heterocycles. The summed E-state index contributed by atoms with van der Waals surface area (Å²) in [5, 5.41) is 18.1. The molecule has 0 unspecified atom stereocenters. The van der Waals surface area contributed by atoms with Crippen LogP contribution in [-0.2, 0) is 25.5 Å². The van der Waals surface area contributed by atoms with Gasteiger partial charge in [0, 0.05) is 6.07 Å². The topological polar surface area (TPSA) is 112 Å². The minimum absolute atomic E-state index is 0.0157. The summed E-state index contributed by atoms with van der Waals surface area (Å²) in [4.78, 5) is 23.5. The van der Waals surface area contributed by atoms with Crippen molar-refractivity contribution in [2.75, 3.05) is 39.6 Å². The molecule has 3 rings (SSSR count). The van der Waals surface area contributed by atoms with E-state index in [0.29, 0.717) is 17.4 Å². The van der Waals surface area contributed by atoms with Gasteiger partial charge in [0.2, 0.25) is 0 Å². The molecule has 1 aliphatic rings. The zero-order valence-electron chi connectivity index (χ0n) is 25.6. The van der Waals surface area contributed by atoms with E-state index >= 15 is 0 Å². The van der Waals surface area contributed by atoms with Gasteiger partial charge in [0.15, 0.2) is 0 Å². The Morgan fingerprint density at radius 3 is 1.81 bits per heavy atom. The molecule has 2 aromatic rings. The molecular weight excluding hydrogens is 548 g/mol. The van der Waals surface area contributed by atoms with Crippen molar-refractivity contribution in [3.8, 4) is 22.6 Å². The first-order valence-electron chi connectivity index (χ1n) is 15.2. The van der Waals surface area contributed by atoms with Gasteiger partial charge < -0.3 is 29.2 Å². The molecule has 0 aliphatic heterocycles. The van der Waals surface area contributed by atoms with Crippen LogP contribution in [0.1, 0.15) is 69.4 Å². The third kappa shape index (κ3) is 10.3. The highest BCUT2D eigenvalue weighted by Crippen LogP contribution is 2.40. The molecule has 0 radical (unpaired) electrons. The van der Waals surface area contributed by atoms with Crippen LogP contribution in [0.25, 0.3) is 11.1 Å². The van der Waals surface area contributed by atoms with Crippen molar-refractivity contribution in [1.29, 1.82) is 0 Å². The monoisotopic (exact) mass is 594 g/mol. The summed E-state index contributed by atoms with van der Waals surface area (Å²) in [6.45, 7) is 10.6. The lowest BCUT2D eigenvalue weighted by atomic mass is 9.75. The number of benzene rings is 2. The highest BCUT2D eigenvalue weighted by atomic mass is 16.6. The number of hydrogen-bond acceptors (Lipinski definition) is 8. The Hall–Kier alpha value is -3.62. The summed E-state index contributed by atoms with van der Waals surface area (Å²) in [5.41, 5.74) is 4.68. The molecule has 1 fully saturated rings. The average Bonchev–Trinajstić information content (AvgIpc) is 3.04. The number of aliphatic hydroxyl groups excluding tert-OH is 2. The van der Waals surface area contributed by atoms with Crippen molar-refractivity contribution in [3.05, 3.63) is 71.8 Å². The molecular formula is C35H46O8. The maximum Gasteiger partial charge on any atom is 0.335 e. The van der Waals surface area contributed by atoms with Crippen LogP contribution in [0.2, 0.25) is 0 Å². The minimum Gasteiger partial charge on any atom is -0.490 e. The Morgan fingerprint density at radius 2 is 1.33 bits per heavy atom. The lowest BCUT2D eigenvalue weighted by molar-refractivity contribution is -0.141. The number of carbonyl (C=O) groups is 2. The molecule has 0 heterocycles. The highest BCUT2D eigenvalue weighted by Gasteiger charge is 2.23. The molecule has 0 bridgehead atoms. The van der Waals surface area contributed by atoms with E-state index in [1.165, 1.54) is 49.7 Å². The smallest absolute Gasteiger partial charge is 0.335 e. The van der Waals surface area contributed by atoms with Crippen LogP contribution in [0.4, 0.5) is 0 Å². The zero-order valence-corrected chi connectivity index (χ0v) is 25.6. The van der Waals surface area contributed by atoms with Crippen molar-refractivity contribution >= 4 is 11.9 Å². The summed E-state index contributed by atoms with van der Waals surface area (Å²) in [6.07, 6.45) is 8.61. The third-order valence-electron chi connectivity index (χ3n) is 7.85. The van der Waals surface area contributed by atoms with Crippen molar-refractivity contribution in [2.45, 2.75) is 64.7 Å². The van der Waals surface area contributed by atoms with E-state index in [4.69, 9.17) is 29.2 Å². The molecule has 1 aliphatic carbocycles. The summed E-state index contributed by atoms with van der Waals surface area (Å²) < 4.78 is 22.0. The molecule has 0 spiro atoms. The maximum atomic E-state index is 11.8. The van der Waals surface area contributed by atoms with Crippen LogP contribution < -0.4 is 9.47 Å². The fourth-order valence-electron chi connectivity index (χ4n) is 5.49. The molecule has 2 aromatic carbocycles. The van der Waals surface area contributed by atoms with Gasteiger partial charge in [-0.1, -0.05) is 58.0 Å². The predicted octanol–water partition coefficient (Wildman–Crippen LogP) is 5.93. The Bertz CT molecular complexity index is 1190. The maximum absolute atomic E-state index is 11.8. The van der Waals surface area contributed by atoms with E-state index in [1.807, 2.05) is 12.1 Å². The SMILES string of the molecule is C=C(CO)C(=O)OCCOc1cc(OCCOC(=O)C(=C)CO)cc(-c2ccc(C3CCC(CCC)CC3)c(CC)c2)c1. The molecule has 0 amide bonds. The predicted molar refractivity (Wildman–Crippen MR) is 166 cm³/mol. The fraction of sp³-hybridized carbons (Fsp3) is 0.486. The normalized spacial score (nSPS) is 16.3. The molecule has 234 valence electrons. The first-order chi connectivity index (χ1) is 20.8. The summed E-state index contributed by atoms with van der Waals surface area (Å²) in [5.74, 6) is 1.15. The second-order valence-electron chi connectivity index (χ2n) is 11.0. The van der Waals surface area contributed by atoms with Gasteiger partial charge >= 0.3 is 11.9 Å². The number of aliphatic hydroxyl groups is 2. The van der Waals surface area contributed by atoms with Crippen molar-refractivity contribution in [3.63, 3.8) is 0 Å². The summed E-state index contributed by atoms with van der Waals surface area (Å²) in [7, 11) is 0. The van der Waals surface area contributed by atoms with Gasteiger partial charge in [-0.05, 0) is 78.3 Å². The molecule has 8 heteroatoms. The van der Waals surface area contributed by atoms with Crippen LogP contribution in [0.3, 0.4) is 0 Å². The van der Waals surface area contributed by atoms with Crippen molar-refractivity contribution in [1.82, 2.24) is 0 Å². The van der Waals surface area contributed by atoms with Crippen LogP contribution in [0, 0.1) is 5.92 Å². The van der Waals surface area contributed by atoms with Gasteiger partial charge in [0.05, 0.1) is 24.4 Å². The van der Waals surface area contributed by atoms with Crippen LogP contribution in [0.15, 0.2) is 60.7 Å². The molecule has 0 atom stereocenters. The molecule has 0 saturated heterocycles. The molecule has 8 nitrogen and oxygen atoms in total. The average molecular weight is 595 g/mol. The van der Waals surface area contributed by atoms with E-state index < -0.39 is 25.2 Å². The quantitative estimate of drug-likeness (QED) is 0.132. The van der Waals surface area contributed by atoms with Crippen LogP contribution >= 0.6 is 0 Å². The van der Waals surface area contributed by atoms with Gasteiger partial charge in [0.25, 0.3) is 0 Å². The lowest BCUT2D eigenvalue weighted by Crippen LogP contribution is -2.15. The fourth-order valence-corrected chi connectivity index (χ4v) is 5.49. The third-order valence-corrected chi connectivity index (χ3v) is 7.85. The number of hydrogen-bond donors (Lipinski definition) is 2. The Balaban J connectivity index is 1.76. The largest absolute Gasteiger partial charge is 0.490 e. The molecule has 43 heavy (non-hydrogen) atoms. The van der Waals surface area contributed by atoms with Crippen LogP contribution in [-0.4, -0.2) is 61.8 Å². The van der Waals surface area contributed by atoms with Gasteiger partial charge in [-0.25, -0.2) is 9.59 Å². The van der Waals surface area contributed by atoms with E-state index in [-0.39, 0.29) is 37.6 Å². The van der Waals surface area contributed by atoms with E-state index in [9.17, 15) is 9.59 Å². The Kier molecular flexibility index (Phi) is 13.8. The molecule has 1 saturated carbocycles. The minimum atomic E-state index is -0.673. The number of aryl methyl sites for hydroxylation is 1. The first-order valence-corrected chi connectivity index (χ1v) is 15.2. The van der Waals surface area contributed by atoms with Crippen molar-refractivity contribution < 1.29 is 38.7 Å². The van der Waals surface area contributed by atoms with Gasteiger partial charge in [-0.15, -0.1) is 0 Å². The molecule has 2 N–H and O–H groups in total. The summed E-state index contributed by atoms with van der Waals surface area (Å²) in [6, 6.07) is 12.2. The highest BCUT2D eigenvalue weighted by molar-refractivity contribution is 5.88. The number of rotatable bonds is 17. The second kappa shape index (κ2) is 17.5. The van der Waals surface area contributed by atoms with Crippen LogP contribution in [0.5, 0.6) is 11.5 Å². The first kappa shape index (κ1) is 33.9. The van der Waals surface area contributed by atoms with Crippen molar-refractivity contribution in [2.24, 2.45) is 5.92 Å². The van der Waals surface area contributed by atoms with Gasteiger partial charge in [0.1, 0.15) is 37.9 Å². The standard InChI is InChI=1S/C35H46O8/c1-5-7-26-8-10-28(11-9-26)33-13-12-29(18-27(33)6-2)30-19-31(40-14-16-42-34(38)24(3)22-36)21-32(20-30)41-15-17-43-35(39)25(4)23-37/h12-13,18-21,26,28,36-37H,3-11,14-17,22-23H2,1-2H3. The number of carbonyl (C=O) groups excluding carboxylic acids is 2. The summed E-state index contributed by atoms with van der Waals surface area (Å²) >= 11 is 0.